The molecule has 0 saturated heterocycles. The van der Waals surface area contributed by atoms with E-state index in [-0.39, 0.29) is 5.57 Å². The Hall–Kier alpha value is -2.49. The first-order valence-corrected chi connectivity index (χ1v) is 7.88. The van der Waals surface area contributed by atoms with Gasteiger partial charge in [0.25, 0.3) is 6.08 Å². The number of hydrogen-bond donors (Lipinski definition) is 0. The van der Waals surface area contributed by atoms with Crippen LogP contribution in [0, 0.1) is 0 Å². The second-order valence-corrected chi connectivity index (χ2v) is 5.50. The lowest BCUT2D eigenvalue weighted by Gasteiger charge is -2.08. The van der Waals surface area contributed by atoms with E-state index < -0.39 is 12.0 Å². The maximum absolute atomic E-state index is 13.2. The molecule has 0 fully saturated rings. The minimum atomic E-state index is -1.67. The molecule has 0 aliphatic carbocycles. The third kappa shape index (κ3) is 5.01. The van der Waals surface area contributed by atoms with E-state index in [0.717, 1.165) is 12.8 Å². The first-order chi connectivity index (χ1) is 11.6. The van der Waals surface area contributed by atoms with Gasteiger partial charge in [-0.15, -0.1) is 0 Å². The molecule has 0 spiro atoms. The number of carbonyl (C=O) groups is 1. The molecule has 0 aliphatic heterocycles. The summed E-state index contributed by atoms with van der Waals surface area (Å²) in [4.78, 5) is 11.4. The molecule has 2 rings (SSSR count). The molecule has 2 aromatic carbocycles. The Morgan fingerprint density at radius 1 is 0.917 bits per heavy atom. The van der Waals surface area contributed by atoms with Crippen molar-refractivity contribution in [3.05, 3.63) is 77.4 Å². The van der Waals surface area contributed by atoms with Crippen molar-refractivity contribution in [1.29, 1.82) is 0 Å². The van der Waals surface area contributed by atoms with Crippen LogP contribution in [0.15, 0.2) is 60.7 Å². The monoisotopic (exact) mass is 330 g/mol. The Bertz CT molecular complexity index is 687. The summed E-state index contributed by atoms with van der Waals surface area (Å²) >= 11 is 0. The molecular formula is C20H20F2O2. The summed E-state index contributed by atoms with van der Waals surface area (Å²) < 4.78 is 31.1. The number of esters is 1. The summed E-state index contributed by atoms with van der Waals surface area (Å²) in [7, 11) is 1.29. The highest BCUT2D eigenvalue weighted by Crippen LogP contribution is 2.27. The summed E-state index contributed by atoms with van der Waals surface area (Å²) in [5.41, 5.74) is 2.05. The summed E-state index contributed by atoms with van der Waals surface area (Å²) in [5.74, 6) is -0.476. The van der Waals surface area contributed by atoms with Crippen LogP contribution in [0.2, 0.25) is 0 Å². The predicted molar refractivity (Wildman–Crippen MR) is 90.9 cm³/mol. The van der Waals surface area contributed by atoms with E-state index in [9.17, 15) is 13.6 Å². The third-order valence-corrected chi connectivity index (χ3v) is 3.87. The second kappa shape index (κ2) is 8.96. The second-order valence-electron chi connectivity index (χ2n) is 5.50. The highest BCUT2D eigenvalue weighted by molar-refractivity contribution is 5.89. The molecular weight excluding hydrogens is 310 g/mol. The molecule has 0 atom stereocenters. The number of benzene rings is 2. The average Bonchev–Trinajstić information content (AvgIpc) is 2.62. The van der Waals surface area contributed by atoms with Crippen molar-refractivity contribution in [3.8, 4) is 0 Å². The molecule has 0 bridgehead atoms. The maximum Gasteiger partial charge on any atom is 0.337 e. The van der Waals surface area contributed by atoms with Crippen LogP contribution in [0.3, 0.4) is 0 Å². The van der Waals surface area contributed by atoms with Gasteiger partial charge in [0, 0.05) is 5.57 Å². The van der Waals surface area contributed by atoms with Crippen molar-refractivity contribution in [2.45, 2.75) is 25.7 Å². The summed E-state index contributed by atoms with van der Waals surface area (Å²) in [6, 6.07) is 16.1. The molecule has 2 aromatic rings. The minimum absolute atomic E-state index is 0.0412. The quantitative estimate of drug-likeness (QED) is 0.495. The number of rotatable bonds is 7. The molecule has 0 aromatic heterocycles. The zero-order valence-corrected chi connectivity index (χ0v) is 13.6. The van der Waals surface area contributed by atoms with Crippen LogP contribution < -0.4 is 0 Å². The van der Waals surface area contributed by atoms with Crippen molar-refractivity contribution in [3.63, 3.8) is 0 Å². The van der Waals surface area contributed by atoms with E-state index in [0.29, 0.717) is 24.0 Å². The molecule has 24 heavy (non-hydrogen) atoms. The van der Waals surface area contributed by atoms with E-state index in [1.54, 1.807) is 0 Å². The number of halogens is 2. The van der Waals surface area contributed by atoms with Crippen LogP contribution in [0.1, 0.15) is 40.7 Å². The highest BCUT2D eigenvalue weighted by Gasteiger charge is 2.11. The number of unbranched alkanes of at least 4 members (excludes halogenated alkanes) is 1. The van der Waals surface area contributed by atoms with Crippen LogP contribution in [-0.4, -0.2) is 13.1 Å². The Labute approximate surface area is 140 Å². The van der Waals surface area contributed by atoms with Crippen molar-refractivity contribution >= 4 is 11.5 Å². The van der Waals surface area contributed by atoms with Gasteiger partial charge in [-0.25, -0.2) is 4.79 Å². The Balaban J connectivity index is 1.95. The average molecular weight is 330 g/mol. The van der Waals surface area contributed by atoms with Crippen LogP contribution in [0.5, 0.6) is 0 Å². The van der Waals surface area contributed by atoms with E-state index in [2.05, 4.69) is 4.74 Å². The smallest absolute Gasteiger partial charge is 0.337 e. The molecule has 0 saturated carbocycles. The first-order valence-electron chi connectivity index (χ1n) is 7.88. The number of hydrogen-bond acceptors (Lipinski definition) is 2. The fraction of sp³-hybridized carbons (Fsp3) is 0.250. The van der Waals surface area contributed by atoms with E-state index in [1.807, 2.05) is 30.3 Å². The van der Waals surface area contributed by atoms with Gasteiger partial charge in [0.05, 0.1) is 12.7 Å². The van der Waals surface area contributed by atoms with Crippen molar-refractivity contribution in [2.24, 2.45) is 0 Å². The lowest BCUT2D eigenvalue weighted by molar-refractivity contribution is 0.0600. The topological polar surface area (TPSA) is 26.3 Å². The zero-order valence-electron chi connectivity index (χ0n) is 13.6. The molecule has 2 nitrogen and oxygen atoms in total. The predicted octanol–water partition coefficient (Wildman–Crippen LogP) is 5.49. The van der Waals surface area contributed by atoms with Gasteiger partial charge < -0.3 is 4.74 Å². The van der Waals surface area contributed by atoms with Gasteiger partial charge in [0.2, 0.25) is 0 Å². The van der Waals surface area contributed by atoms with E-state index in [4.69, 9.17) is 0 Å². The van der Waals surface area contributed by atoms with Gasteiger partial charge in [-0.2, -0.15) is 8.78 Å². The summed E-state index contributed by atoms with van der Waals surface area (Å²) in [6.07, 6.45) is 1.05. The molecule has 0 aliphatic rings. The number of aryl methyl sites for hydroxylation is 1. The highest BCUT2D eigenvalue weighted by atomic mass is 19.3. The van der Waals surface area contributed by atoms with Crippen molar-refractivity contribution < 1.29 is 18.3 Å². The normalized spacial score (nSPS) is 10.3. The number of carbonyl (C=O) groups excluding carboxylic acids is 1. The zero-order chi connectivity index (χ0) is 17.4. The van der Waals surface area contributed by atoms with Crippen LogP contribution in [0.25, 0.3) is 5.57 Å². The van der Waals surface area contributed by atoms with Crippen molar-refractivity contribution in [1.82, 2.24) is 0 Å². The molecule has 0 heterocycles. The molecule has 0 amide bonds. The van der Waals surface area contributed by atoms with Gasteiger partial charge in [-0.05, 0) is 48.9 Å². The van der Waals surface area contributed by atoms with E-state index in [1.165, 1.54) is 36.9 Å². The Morgan fingerprint density at radius 2 is 1.54 bits per heavy atom. The fourth-order valence-corrected chi connectivity index (χ4v) is 2.55. The Morgan fingerprint density at radius 3 is 2.12 bits per heavy atom. The van der Waals surface area contributed by atoms with Crippen LogP contribution in [0.4, 0.5) is 8.78 Å². The maximum atomic E-state index is 13.2. The summed E-state index contributed by atoms with van der Waals surface area (Å²) in [5, 5.41) is 0. The van der Waals surface area contributed by atoms with Gasteiger partial charge >= 0.3 is 5.97 Å². The lowest BCUT2D eigenvalue weighted by atomic mass is 9.98. The number of ether oxygens (including phenoxy) is 1. The molecule has 0 N–H and O–H groups in total. The van der Waals surface area contributed by atoms with Gasteiger partial charge in [0.1, 0.15) is 0 Å². The van der Waals surface area contributed by atoms with Crippen LogP contribution in [-0.2, 0) is 11.2 Å². The number of allylic oxidation sites excluding steroid dienone is 1. The standard InChI is InChI=1S/C20H20F2O2/c1-24-20(23)17-13-11-16(12-14-17)18(19(21)22)10-6-5-9-15-7-3-2-4-8-15/h2-4,7-8,11-14H,5-6,9-10H2,1H3. The van der Waals surface area contributed by atoms with Gasteiger partial charge in [0.15, 0.2) is 0 Å². The fourth-order valence-electron chi connectivity index (χ4n) is 2.55. The van der Waals surface area contributed by atoms with Gasteiger partial charge in [-0.3, -0.25) is 0 Å². The lowest BCUT2D eigenvalue weighted by Crippen LogP contribution is -2.01. The number of methoxy groups -OCH3 is 1. The molecule has 4 heteroatoms. The Kier molecular flexibility index (Phi) is 6.67. The largest absolute Gasteiger partial charge is 0.465 e. The van der Waals surface area contributed by atoms with Crippen molar-refractivity contribution in [2.75, 3.05) is 7.11 Å². The molecule has 0 unspecified atom stereocenters. The minimum Gasteiger partial charge on any atom is -0.465 e. The summed E-state index contributed by atoms with van der Waals surface area (Å²) in [6.45, 7) is 0. The first kappa shape index (κ1) is 17.9. The van der Waals surface area contributed by atoms with Gasteiger partial charge in [-0.1, -0.05) is 42.5 Å². The SMILES string of the molecule is COC(=O)c1ccc(C(CCCCc2ccccc2)=C(F)F)cc1. The third-order valence-electron chi connectivity index (χ3n) is 3.87. The van der Waals surface area contributed by atoms with E-state index >= 15 is 0 Å². The molecule has 0 radical (unpaired) electrons. The molecule has 126 valence electrons. The van der Waals surface area contributed by atoms with Crippen LogP contribution >= 0.6 is 0 Å².